The normalized spacial score (nSPS) is 10.6. The number of rotatable bonds is 2. The maximum absolute atomic E-state index is 2.44. The van der Waals surface area contributed by atoms with E-state index in [9.17, 15) is 0 Å². The highest BCUT2D eigenvalue weighted by molar-refractivity contribution is 14.1. The summed E-state index contributed by atoms with van der Waals surface area (Å²) < 4.78 is 2.64. The molecular weight excluding hydrogens is 478 g/mol. The Labute approximate surface area is 144 Å². The molecule has 0 atom stereocenters. The Kier molecular flexibility index (Phi) is 4.24. The van der Waals surface area contributed by atoms with Crippen molar-refractivity contribution in [2.24, 2.45) is 0 Å². The van der Waals surface area contributed by atoms with Crippen molar-refractivity contribution in [3.63, 3.8) is 0 Å². The Morgan fingerprint density at radius 1 is 0.789 bits per heavy atom. The van der Waals surface area contributed by atoms with Crippen LogP contribution in [-0.2, 0) is 0 Å². The van der Waals surface area contributed by atoms with E-state index in [1.165, 1.54) is 28.7 Å². The first-order chi connectivity index (χ1) is 9.25. The number of halogens is 2. The maximum Gasteiger partial charge on any atom is 0.0353 e. The Morgan fingerprint density at radius 3 is 2.26 bits per heavy atom. The zero-order valence-electron chi connectivity index (χ0n) is 9.94. The molecule has 0 amide bonds. The van der Waals surface area contributed by atoms with Crippen LogP contribution in [0.15, 0.2) is 60.0 Å². The van der Waals surface area contributed by atoms with E-state index < -0.39 is 0 Å². The van der Waals surface area contributed by atoms with Crippen LogP contribution in [-0.4, -0.2) is 0 Å². The van der Waals surface area contributed by atoms with Crippen molar-refractivity contribution in [1.29, 1.82) is 0 Å². The molecule has 0 bridgehead atoms. The fraction of sp³-hybridized carbons (Fsp3) is 0. The maximum atomic E-state index is 2.44. The largest absolute Gasteiger partial charge is 0.144 e. The van der Waals surface area contributed by atoms with E-state index in [0.717, 1.165) is 0 Å². The van der Waals surface area contributed by atoms with Gasteiger partial charge in [0.1, 0.15) is 0 Å². The molecule has 0 saturated heterocycles. The third-order valence-electron chi connectivity index (χ3n) is 2.92. The third-order valence-corrected chi connectivity index (χ3v) is 6.87. The number of thiophene rings is 1. The fourth-order valence-corrected chi connectivity index (χ4v) is 4.16. The van der Waals surface area contributed by atoms with E-state index in [1.54, 1.807) is 11.3 Å². The van der Waals surface area contributed by atoms with Gasteiger partial charge in [0.2, 0.25) is 0 Å². The zero-order chi connectivity index (χ0) is 13.2. The minimum Gasteiger partial charge on any atom is -0.144 e. The number of hydrogen-bond donors (Lipinski definition) is 0. The summed E-state index contributed by atoms with van der Waals surface area (Å²) in [5, 5.41) is 2.13. The van der Waals surface area contributed by atoms with Gasteiger partial charge in [-0.2, -0.15) is 0 Å². The molecular formula is C16H10I2S. The van der Waals surface area contributed by atoms with E-state index >= 15 is 0 Å². The topological polar surface area (TPSA) is 0 Å². The molecule has 0 N–H and O–H groups in total. The molecule has 0 unspecified atom stereocenters. The highest BCUT2D eigenvalue weighted by atomic mass is 127. The van der Waals surface area contributed by atoms with Gasteiger partial charge >= 0.3 is 0 Å². The predicted molar refractivity (Wildman–Crippen MR) is 101 cm³/mol. The summed E-state index contributed by atoms with van der Waals surface area (Å²) in [6.45, 7) is 0. The van der Waals surface area contributed by atoms with E-state index in [1.807, 2.05) is 0 Å². The van der Waals surface area contributed by atoms with E-state index in [4.69, 9.17) is 0 Å². The Balaban J connectivity index is 2.19. The molecule has 19 heavy (non-hydrogen) atoms. The lowest BCUT2D eigenvalue weighted by molar-refractivity contribution is 1.55. The third kappa shape index (κ3) is 2.87. The molecule has 0 radical (unpaired) electrons. The van der Waals surface area contributed by atoms with Gasteiger partial charge in [-0.1, -0.05) is 36.4 Å². The van der Waals surface area contributed by atoms with Crippen LogP contribution in [0, 0.1) is 7.14 Å². The summed E-state index contributed by atoms with van der Waals surface area (Å²) in [4.78, 5) is 1.33. The minimum absolute atomic E-state index is 1.27. The van der Waals surface area contributed by atoms with Gasteiger partial charge in [0.25, 0.3) is 0 Å². The fourth-order valence-electron chi connectivity index (χ4n) is 2.00. The highest BCUT2D eigenvalue weighted by Crippen LogP contribution is 2.35. The van der Waals surface area contributed by atoms with E-state index in [-0.39, 0.29) is 0 Å². The molecule has 1 heterocycles. The van der Waals surface area contributed by atoms with Crippen LogP contribution >= 0.6 is 56.5 Å². The van der Waals surface area contributed by atoms with Crippen molar-refractivity contribution < 1.29 is 0 Å². The molecule has 0 aliphatic heterocycles. The van der Waals surface area contributed by atoms with Crippen molar-refractivity contribution >= 4 is 56.5 Å². The van der Waals surface area contributed by atoms with Crippen LogP contribution in [0.4, 0.5) is 0 Å². The molecule has 94 valence electrons. The number of benzene rings is 2. The van der Waals surface area contributed by atoms with Crippen LogP contribution in [0.25, 0.3) is 21.6 Å². The van der Waals surface area contributed by atoms with Gasteiger partial charge in [-0.15, -0.1) is 11.3 Å². The Hall–Kier alpha value is -0.400. The Morgan fingerprint density at radius 2 is 1.58 bits per heavy atom. The first-order valence-electron chi connectivity index (χ1n) is 5.84. The van der Waals surface area contributed by atoms with Crippen LogP contribution < -0.4 is 0 Å². The standard InChI is InChI=1S/C16H10I2S/c17-14-10-12(11-5-2-1-3-6-11)9-13(16(14)18)15-7-4-8-19-15/h1-10H. The molecule has 3 rings (SSSR count). The van der Waals surface area contributed by atoms with Gasteiger partial charge in [0.05, 0.1) is 0 Å². The average molecular weight is 488 g/mol. The van der Waals surface area contributed by atoms with Crippen molar-refractivity contribution in [3.05, 3.63) is 67.1 Å². The van der Waals surface area contributed by atoms with Crippen molar-refractivity contribution in [2.75, 3.05) is 0 Å². The van der Waals surface area contributed by atoms with Crippen LogP contribution in [0.5, 0.6) is 0 Å². The molecule has 0 aliphatic carbocycles. The quantitative estimate of drug-likeness (QED) is 0.372. The van der Waals surface area contributed by atoms with Crippen LogP contribution in [0.3, 0.4) is 0 Å². The monoisotopic (exact) mass is 488 g/mol. The molecule has 3 aromatic rings. The molecule has 0 nitrogen and oxygen atoms in total. The lowest BCUT2D eigenvalue weighted by atomic mass is 10.0. The van der Waals surface area contributed by atoms with Crippen LogP contribution in [0.1, 0.15) is 0 Å². The van der Waals surface area contributed by atoms with E-state index in [2.05, 4.69) is 105 Å². The smallest absolute Gasteiger partial charge is 0.0353 e. The minimum atomic E-state index is 1.27. The second-order valence-electron chi connectivity index (χ2n) is 4.16. The number of hydrogen-bond acceptors (Lipinski definition) is 1. The highest BCUT2D eigenvalue weighted by Gasteiger charge is 2.10. The van der Waals surface area contributed by atoms with Gasteiger partial charge in [-0.3, -0.25) is 0 Å². The van der Waals surface area contributed by atoms with Crippen LogP contribution in [0.2, 0.25) is 0 Å². The SMILES string of the molecule is Ic1cc(-c2ccccc2)cc(-c2cccs2)c1I. The second kappa shape index (κ2) is 5.93. The summed E-state index contributed by atoms with van der Waals surface area (Å²) >= 11 is 6.66. The summed E-state index contributed by atoms with van der Waals surface area (Å²) in [7, 11) is 0. The summed E-state index contributed by atoms with van der Waals surface area (Å²) in [6, 6.07) is 19.4. The lowest BCUT2D eigenvalue weighted by Gasteiger charge is -2.09. The van der Waals surface area contributed by atoms with Gasteiger partial charge in [0.15, 0.2) is 0 Å². The summed E-state index contributed by atoms with van der Waals surface area (Å²) in [5.41, 5.74) is 3.89. The second-order valence-corrected chi connectivity index (χ2v) is 7.35. The predicted octanol–water partition coefficient (Wildman–Crippen LogP) is 6.29. The van der Waals surface area contributed by atoms with E-state index in [0.29, 0.717) is 0 Å². The van der Waals surface area contributed by atoms with Crippen molar-refractivity contribution in [2.45, 2.75) is 0 Å². The average Bonchev–Trinajstić information content (AvgIpc) is 2.96. The lowest BCUT2D eigenvalue weighted by Crippen LogP contribution is -1.88. The van der Waals surface area contributed by atoms with Gasteiger partial charge in [-0.05, 0) is 79.9 Å². The summed E-state index contributed by atoms with van der Waals surface area (Å²) in [6.07, 6.45) is 0. The first kappa shape index (κ1) is 13.6. The molecule has 0 fully saturated rings. The Bertz CT molecular complexity index is 688. The van der Waals surface area contributed by atoms with Gasteiger partial charge in [-0.25, -0.2) is 0 Å². The molecule has 1 aromatic heterocycles. The molecule has 0 saturated carbocycles. The zero-order valence-corrected chi connectivity index (χ0v) is 15.1. The van der Waals surface area contributed by atoms with Crippen molar-refractivity contribution in [1.82, 2.24) is 0 Å². The molecule has 0 spiro atoms. The molecule has 2 aromatic carbocycles. The molecule has 3 heteroatoms. The molecule has 0 aliphatic rings. The van der Waals surface area contributed by atoms with Crippen molar-refractivity contribution in [3.8, 4) is 21.6 Å². The first-order valence-corrected chi connectivity index (χ1v) is 8.88. The van der Waals surface area contributed by atoms with Gasteiger partial charge < -0.3 is 0 Å². The summed E-state index contributed by atoms with van der Waals surface area (Å²) in [5.74, 6) is 0. The van der Waals surface area contributed by atoms with Gasteiger partial charge in [0, 0.05) is 17.6 Å².